The summed E-state index contributed by atoms with van der Waals surface area (Å²) in [7, 11) is 1.68. The molecule has 3 N–H and O–H groups in total. The SMILES string of the molecule is CCN(CC)C(CNC(=O)C1C2CCC(C2)C1N)c1cccc(OC)c1.Cl.Cl. The molecule has 1 amide bonds. The van der Waals surface area contributed by atoms with Gasteiger partial charge in [0.05, 0.1) is 19.1 Å². The fraction of sp³-hybridized carbons (Fsp3) is 0.667. The van der Waals surface area contributed by atoms with Gasteiger partial charge in [0.15, 0.2) is 0 Å². The molecule has 160 valence electrons. The first-order chi connectivity index (χ1) is 12.6. The molecule has 5 nitrogen and oxygen atoms in total. The van der Waals surface area contributed by atoms with E-state index in [9.17, 15) is 4.79 Å². The summed E-state index contributed by atoms with van der Waals surface area (Å²) in [4.78, 5) is 15.2. The molecule has 0 radical (unpaired) electrons. The molecule has 5 unspecified atom stereocenters. The van der Waals surface area contributed by atoms with Crippen LogP contribution in [0.2, 0.25) is 0 Å². The van der Waals surface area contributed by atoms with Crippen LogP contribution in [0.5, 0.6) is 5.75 Å². The lowest BCUT2D eigenvalue weighted by Crippen LogP contribution is -2.47. The van der Waals surface area contributed by atoms with Gasteiger partial charge in [0.25, 0.3) is 0 Å². The molecule has 2 fully saturated rings. The first-order valence-electron chi connectivity index (χ1n) is 10.00. The van der Waals surface area contributed by atoms with Gasteiger partial charge in [-0.15, -0.1) is 24.8 Å². The summed E-state index contributed by atoms with van der Waals surface area (Å²) in [5, 5.41) is 3.22. The number of ether oxygens (including phenoxy) is 1. The van der Waals surface area contributed by atoms with E-state index in [0.29, 0.717) is 18.4 Å². The summed E-state index contributed by atoms with van der Waals surface area (Å²) >= 11 is 0. The van der Waals surface area contributed by atoms with Gasteiger partial charge in [0, 0.05) is 12.6 Å². The Bertz CT molecular complexity index is 625. The highest BCUT2D eigenvalue weighted by atomic mass is 35.5. The molecule has 0 aliphatic heterocycles. The molecule has 2 bridgehead atoms. The quantitative estimate of drug-likeness (QED) is 0.661. The Labute approximate surface area is 181 Å². The Kier molecular flexibility index (Phi) is 10.1. The maximum Gasteiger partial charge on any atom is 0.225 e. The van der Waals surface area contributed by atoms with Gasteiger partial charge >= 0.3 is 0 Å². The Balaban J connectivity index is 0.00000196. The predicted molar refractivity (Wildman–Crippen MR) is 118 cm³/mol. The standard InChI is InChI=1S/C21H33N3O2.2ClH/c1-4-24(5-2)18(14-7-6-8-17(12-14)26-3)13-23-21(25)19-15-9-10-16(11-15)20(19)22;;/h6-8,12,15-16,18-20H,4-5,9-11,13,22H2,1-3H3,(H,23,25);2*1H. The van der Waals surface area contributed by atoms with Gasteiger partial charge in [-0.3, -0.25) is 9.69 Å². The maximum absolute atomic E-state index is 12.9. The molecular formula is C21H35Cl2N3O2. The second-order valence-corrected chi connectivity index (χ2v) is 7.70. The zero-order chi connectivity index (χ0) is 18.7. The number of carbonyl (C=O) groups excluding carboxylic acids is 1. The van der Waals surface area contributed by atoms with Crippen molar-refractivity contribution in [2.24, 2.45) is 23.5 Å². The number of rotatable bonds is 8. The number of hydrogen-bond acceptors (Lipinski definition) is 4. The van der Waals surface area contributed by atoms with Crippen molar-refractivity contribution < 1.29 is 9.53 Å². The molecule has 7 heteroatoms. The molecule has 3 rings (SSSR count). The van der Waals surface area contributed by atoms with Crippen LogP contribution in [0.15, 0.2) is 24.3 Å². The minimum absolute atomic E-state index is 0. The van der Waals surface area contributed by atoms with Gasteiger partial charge in [0.1, 0.15) is 5.75 Å². The highest BCUT2D eigenvalue weighted by Crippen LogP contribution is 2.47. The molecule has 28 heavy (non-hydrogen) atoms. The number of amides is 1. The second-order valence-electron chi connectivity index (χ2n) is 7.70. The lowest BCUT2D eigenvalue weighted by Gasteiger charge is -2.32. The van der Waals surface area contributed by atoms with Gasteiger partial charge < -0.3 is 15.8 Å². The van der Waals surface area contributed by atoms with Crippen LogP contribution in [0.1, 0.15) is 44.7 Å². The molecule has 0 heterocycles. The van der Waals surface area contributed by atoms with Gasteiger partial charge in [-0.05, 0) is 61.9 Å². The third-order valence-corrected chi connectivity index (χ3v) is 6.48. The highest BCUT2D eigenvalue weighted by molar-refractivity contribution is 5.85. The maximum atomic E-state index is 12.9. The van der Waals surface area contributed by atoms with E-state index in [2.05, 4.69) is 36.2 Å². The number of methoxy groups -OCH3 is 1. The Hall–Kier alpha value is -1.01. The fourth-order valence-electron chi connectivity index (χ4n) is 5.01. The van der Waals surface area contributed by atoms with Crippen molar-refractivity contribution >= 4 is 30.7 Å². The van der Waals surface area contributed by atoms with Crippen LogP contribution in [-0.2, 0) is 4.79 Å². The number of nitrogens with two attached hydrogens (primary N) is 1. The zero-order valence-corrected chi connectivity index (χ0v) is 18.7. The lowest BCUT2D eigenvalue weighted by atomic mass is 9.84. The van der Waals surface area contributed by atoms with Crippen LogP contribution in [0, 0.1) is 17.8 Å². The van der Waals surface area contributed by atoms with E-state index in [1.807, 2.05) is 12.1 Å². The summed E-state index contributed by atoms with van der Waals surface area (Å²) in [5.41, 5.74) is 7.52. The number of nitrogens with zero attached hydrogens (tertiary/aromatic N) is 1. The van der Waals surface area contributed by atoms with Crippen molar-refractivity contribution in [1.29, 1.82) is 0 Å². The number of likely N-dealkylation sites (N-methyl/N-ethyl adjacent to an activating group) is 1. The van der Waals surface area contributed by atoms with E-state index in [0.717, 1.165) is 31.7 Å². The zero-order valence-electron chi connectivity index (χ0n) is 17.1. The largest absolute Gasteiger partial charge is 0.497 e. The van der Waals surface area contributed by atoms with Crippen molar-refractivity contribution in [3.63, 3.8) is 0 Å². The molecule has 2 aliphatic carbocycles. The number of benzene rings is 1. The van der Waals surface area contributed by atoms with Gasteiger partial charge in [-0.2, -0.15) is 0 Å². The summed E-state index contributed by atoms with van der Waals surface area (Å²) in [5.74, 6) is 2.02. The van der Waals surface area contributed by atoms with Crippen LogP contribution in [-0.4, -0.2) is 43.6 Å². The van der Waals surface area contributed by atoms with Gasteiger partial charge in [-0.1, -0.05) is 26.0 Å². The summed E-state index contributed by atoms with van der Waals surface area (Å²) in [6, 6.07) is 8.32. The van der Waals surface area contributed by atoms with Gasteiger partial charge in [-0.25, -0.2) is 0 Å². The Morgan fingerprint density at radius 2 is 1.93 bits per heavy atom. The fourth-order valence-corrected chi connectivity index (χ4v) is 5.01. The summed E-state index contributed by atoms with van der Waals surface area (Å²) in [6.07, 6.45) is 3.49. The van der Waals surface area contributed by atoms with Crippen molar-refractivity contribution in [2.75, 3.05) is 26.7 Å². The van der Waals surface area contributed by atoms with Crippen molar-refractivity contribution in [2.45, 2.75) is 45.2 Å². The summed E-state index contributed by atoms with van der Waals surface area (Å²) < 4.78 is 5.38. The minimum atomic E-state index is -0.00332. The topological polar surface area (TPSA) is 67.6 Å². The smallest absolute Gasteiger partial charge is 0.225 e. The van der Waals surface area contributed by atoms with Crippen molar-refractivity contribution in [1.82, 2.24) is 10.2 Å². The number of halogens is 2. The monoisotopic (exact) mass is 431 g/mol. The van der Waals surface area contributed by atoms with Crippen molar-refractivity contribution in [3.05, 3.63) is 29.8 Å². The van der Waals surface area contributed by atoms with Crippen LogP contribution in [0.3, 0.4) is 0 Å². The average Bonchev–Trinajstić information content (AvgIpc) is 3.26. The first kappa shape index (κ1) is 25.0. The average molecular weight is 432 g/mol. The molecule has 0 spiro atoms. The van der Waals surface area contributed by atoms with Crippen LogP contribution < -0.4 is 15.8 Å². The normalized spacial score (nSPS) is 26.3. The Morgan fingerprint density at radius 3 is 2.50 bits per heavy atom. The number of fused-ring (bicyclic) bond motifs is 2. The van der Waals surface area contributed by atoms with E-state index in [1.54, 1.807) is 7.11 Å². The van der Waals surface area contributed by atoms with Crippen LogP contribution in [0.4, 0.5) is 0 Å². The molecule has 0 saturated heterocycles. The second kappa shape index (κ2) is 11.2. The molecular weight excluding hydrogens is 397 g/mol. The van der Waals surface area contributed by atoms with Crippen LogP contribution in [0.25, 0.3) is 0 Å². The van der Waals surface area contributed by atoms with Crippen molar-refractivity contribution in [3.8, 4) is 5.75 Å². The van der Waals surface area contributed by atoms with Crippen LogP contribution >= 0.6 is 24.8 Å². The number of carbonyl (C=O) groups is 1. The predicted octanol–water partition coefficient (Wildman–Crippen LogP) is 3.41. The summed E-state index contributed by atoms with van der Waals surface area (Å²) in [6.45, 7) is 6.78. The third-order valence-electron chi connectivity index (χ3n) is 6.48. The number of nitrogens with one attached hydrogen (secondary N) is 1. The lowest BCUT2D eigenvalue weighted by molar-refractivity contribution is -0.127. The van der Waals surface area contributed by atoms with E-state index in [4.69, 9.17) is 10.5 Å². The Morgan fingerprint density at radius 1 is 1.25 bits per heavy atom. The van der Waals surface area contributed by atoms with E-state index in [1.165, 1.54) is 12.0 Å². The molecule has 2 saturated carbocycles. The number of hydrogen-bond donors (Lipinski definition) is 2. The van der Waals surface area contributed by atoms with E-state index in [-0.39, 0.29) is 48.7 Å². The molecule has 1 aromatic carbocycles. The third kappa shape index (κ3) is 5.12. The van der Waals surface area contributed by atoms with Gasteiger partial charge in [0.2, 0.25) is 5.91 Å². The molecule has 5 atom stereocenters. The van der Waals surface area contributed by atoms with E-state index >= 15 is 0 Å². The molecule has 1 aromatic rings. The minimum Gasteiger partial charge on any atom is -0.497 e. The molecule has 0 aromatic heterocycles. The highest BCUT2D eigenvalue weighted by Gasteiger charge is 2.49. The molecule has 2 aliphatic rings. The first-order valence-corrected chi connectivity index (χ1v) is 10.00. The van der Waals surface area contributed by atoms with E-state index < -0.39 is 0 Å².